The van der Waals surface area contributed by atoms with E-state index in [2.05, 4.69) is 20.4 Å². The van der Waals surface area contributed by atoms with E-state index in [9.17, 15) is 4.79 Å². The maximum Gasteiger partial charge on any atom is 0.299 e. The van der Waals surface area contributed by atoms with Gasteiger partial charge in [-0.2, -0.15) is 10.1 Å². The van der Waals surface area contributed by atoms with E-state index in [1.165, 1.54) is 0 Å². The summed E-state index contributed by atoms with van der Waals surface area (Å²) in [6.45, 7) is 1.18. The van der Waals surface area contributed by atoms with Crippen LogP contribution in [0.1, 0.15) is 18.4 Å². The van der Waals surface area contributed by atoms with Gasteiger partial charge in [0.25, 0.3) is 6.01 Å². The van der Waals surface area contributed by atoms with Gasteiger partial charge in [0.1, 0.15) is 11.6 Å². The van der Waals surface area contributed by atoms with Crippen molar-refractivity contribution in [1.82, 2.24) is 25.1 Å². The first-order chi connectivity index (χ1) is 14.7. The molecule has 1 amide bonds. The molecule has 8 nitrogen and oxygen atoms in total. The van der Waals surface area contributed by atoms with Crippen LogP contribution in [0.25, 0.3) is 22.4 Å². The number of anilines is 1. The summed E-state index contributed by atoms with van der Waals surface area (Å²) >= 11 is 0. The molecule has 5 rings (SSSR count). The summed E-state index contributed by atoms with van der Waals surface area (Å²) in [6, 6.07) is 11.8. The number of hydrogen-bond donors (Lipinski definition) is 1. The second-order valence-corrected chi connectivity index (χ2v) is 7.49. The molecule has 30 heavy (non-hydrogen) atoms. The van der Waals surface area contributed by atoms with Gasteiger partial charge in [-0.05, 0) is 36.6 Å². The number of rotatable bonds is 5. The van der Waals surface area contributed by atoms with Gasteiger partial charge in [-0.25, -0.2) is 0 Å². The summed E-state index contributed by atoms with van der Waals surface area (Å²) in [5.41, 5.74) is 4.31. The third kappa shape index (κ3) is 3.52. The lowest BCUT2D eigenvalue weighted by Gasteiger charge is -2.22. The van der Waals surface area contributed by atoms with E-state index >= 15 is 0 Å². The van der Waals surface area contributed by atoms with Crippen LogP contribution >= 0.6 is 0 Å². The molecule has 4 aromatic rings. The van der Waals surface area contributed by atoms with Crippen LogP contribution in [0.15, 0.2) is 59.4 Å². The largest absolute Gasteiger partial charge is 0.423 e. The van der Waals surface area contributed by atoms with Crippen LogP contribution in [0.5, 0.6) is 0 Å². The predicted octanol–water partition coefficient (Wildman–Crippen LogP) is 2.91. The van der Waals surface area contributed by atoms with Crippen molar-refractivity contribution in [3.63, 3.8) is 0 Å². The number of fused-ring (bicyclic) bond motifs is 1. The lowest BCUT2D eigenvalue weighted by molar-refractivity contribution is -0.122. The molecule has 0 bridgehead atoms. The molecule has 0 aliphatic carbocycles. The Kier molecular flexibility index (Phi) is 4.66. The zero-order valence-electron chi connectivity index (χ0n) is 16.7. The fourth-order valence-electron chi connectivity index (χ4n) is 3.81. The summed E-state index contributed by atoms with van der Waals surface area (Å²) in [6.07, 6.45) is 7.20. The standard InChI is InChI=1S/C22H22N6O2/c1-27-14-16(13-25-27)17-9-8-15(11-23-17)12-24-21(29)19-6-4-10-28(19)22-26-18-5-2-3-7-20(18)30-22/h2-3,5,7-9,11,13-14,19H,4,6,10,12H2,1H3,(H,24,29). The third-order valence-corrected chi connectivity index (χ3v) is 5.38. The molecule has 1 unspecified atom stereocenters. The normalized spacial score (nSPS) is 16.3. The van der Waals surface area contributed by atoms with Gasteiger partial charge >= 0.3 is 0 Å². The molecule has 152 valence electrons. The monoisotopic (exact) mass is 402 g/mol. The Hall–Kier alpha value is -3.68. The van der Waals surface area contributed by atoms with Crippen molar-refractivity contribution in [2.24, 2.45) is 7.05 Å². The summed E-state index contributed by atoms with van der Waals surface area (Å²) in [5, 5.41) is 7.20. The molecule has 1 aliphatic heterocycles. The minimum atomic E-state index is -0.277. The van der Waals surface area contributed by atoms with E-state index in [4.69, 9.17) is 4.42 Å². The van der Waals surface area contributed by atoms with Crippen LogP contribution < -0.4 is 10.2 Å². The first-order valence-corrected chi connectivity index (χ1v) is 10.0. The highest BCUT2D eigenvalue weighted by molar-refractivity contribution is 5.85. The number of carbonyl (C=O) groups excluding carboxylic acids is 1. The lowest BCUT2D eigenvalue weighted by Crippen LogP contribution is -2.43. The number of para-hydroxylation sites is 2. The number of nitrogens with zero attached hydrogens (tertiary/aromatic N) is 5. The highest BCUT2D eigenvalue weighted by Crippen LogP contribution is 2.28. The second kappa shape index (κ2) is 7.62. The number of aromatic nitrogens is 4. The lowest BCUT2D eigenvalue weighted by atomic mass is 10.2. The number of carbonyl (C=O) groups is 1. The summed E-state index contributed by atoms with van der Waals surface area (Å²) < 4.78 is 7.62. The smallest absolute Gasteiger partial charge is 0.299 e. The summed E-state index contributed by atoms with van der Waals surface area (Å²) in [7, 11) is 1.88. The SMILES string of the molecule is Cn1cc(-c2ccc(CNC(=O)C3CCCN3c3nc4ccccc4o3)cn2)cn1. The van der Waals surface area contributed by atoms with Crippen LogP contribution in [-0.4, -0.2) is 38.2 Å². The van der Waals surface area contributed by atoms with Gasteiger partial charge in [-0.1, -0.05) is 18.2 Å². The van der Waals surface area contributed by atoms with Gasteiger partial charge in [0, 0.05) is 38.1 Å². The van der Waals surface area contributed by atoms with Gasteiger partial charge in [-0.3, -0.25) is 14.5 Å². The van der Waals surface area contributed by atoms with Crippen molar-refractivity contribution >= 4 is 23.0 Å². The van der Waals surface area contributed by atoms with Crippen molar-refractivity contribution in [3.8, 4) is 11.3 Å². The van der Waals surface area contributed by atoms with Crippen LogP contribution in [-0.2, 0) is 18.4 Å². The number of benzene rings is 1. The Morgan fingerprint density at radius 2 is 2.13 bits per heavy atom. The van der Waals surface area contributed by atoms with E-state index in [1.807, 2.05) is 54.5 Å². The number of aryl methyl sites for hydroxylation is 1. The predicted molar refractivity (Wildman–Crippen MR) is 113 cm³/mol. The average molecular weight is 402 g/mol. The first-order valence-electron chi connectivity index (χ1n) is 10.0. The van der Waals surface area contributed by atoms with Crippen molar-refractivity contribution < 1.29 is 9.21 Å². The number of oxazole rings is 1. The minimum Gasteiger partial charge on any atom is -0.423 e. The van der Waals surface area contributed by atoms with Crippen molar-refractivity contribution in [3.05, 3.63) is 60.6 Å². The molecule has 0 saturated carbocycles. The topological polar surface area (TPSA) is 89.1 Å². The average Bonchev–Trinajstić information content (AvgIpc) is 3.50. The molecule has 1 aromatic carbocycles. The highest BCUT2D eigenvalue weighted by Gasteiger charge is 2.33. The Balaban J connectivity index is 1.24. The molecule has 8 heteroatoms. The molecule has 1 atom stereocenters. The Bertz CT molecular complexity index is 1150. The van der Waals surface area contributed by atoms with Gasteiger partial charge in [0.05, 0.1) is 11.9 Å². The molecule has 4 heterocycles. The van der Waals surface area contributed by atoms with E-state index in [0.29, 0.717) is 12.6 Å². The number of amides is 1. The maximum atomic E-state index is 12.9. The van der Waals surface area contributed by atoms with Crippen molar-refractivity contribution in [1.29, 1.82) is 0 Å². The summed E-state index contributed by atoms with van der Waals surface area (Å²) in [4.78, 5) is 23.8. The van der Waals surface area contributed by atoms with Gasteiger partial charge in [0.2, 0.25) is 5.91 Å². The Labute approximate surface area is 173 Å². The number of nitrogens with one attached hydrogen (secondary N) is 1. The third-order valence-electron chi connectivity index (χ3n) is 5.38. The molecular formula is C22H22N6O2. The van der Waals surface area contributed by atoms with Crippen LogP contribution in [0.4, 0.5) is 6.01 Å². The fraction of sp³-hybridized carbons (Fsp3) is 0.273. The summed E-state index contributed by atoms with van der Waals surface area (Å²) in [5.74, 6) is -0.0221. The number of pyridine rings is 1. The molecule has 0 radical (unpaired) electrons. The molecule has 1 fully saturated rings. The molecule has 1 N–H and O–H groups in total. The van der Waals surface area contributed by atoms with Gasteiger partial charge in [0.15, 0.2) is 5.58 Å². The zero-order valence-corrected chi connectivity index (χ0v) is 16.7. The second-order valence-electron chi connectivity index (χ2n) is 7.49. The molecule has 3 aromatic heterocycles. The van der Waals surface area contributed by atoms with Crippen LogP contribution in [0.2, 0.25) is 0 Å². The van der Waals surface area contributed by atoms with E-state index in [0.717, 1.165) is 47.3 Å². The molecule has 1 saturated heterocycles. The molecule has 0 spiro atoms. The van der Waals surface area contributed by atoms with Crippen molar-refractivity contribution in [2.45, 2.75) is 25.4 Å². The zero-order chi connectivity index (χ0) is 20.5. The Morgan fingerprint density at radius 3 is 2.90 bits per heavy atom. The molecule has 1 aliphatic rings. The van der Waals surface area contributed by atoms with Crippen molar-refractivity contribution in [2.75, 3.05) is 11.4 Å². The van der Waals surface area contributed by atoms with Gasteiger partial charge < -0.3 is 14.6 Å². The molecular weight excluding hydrogens is 380 g/mol. The minimum absolute atomic E-state index is 0.0221. The van der Waals surface area contributed by atoms with Gasteiger partial charge in [-0.15, -0.1) is 0 Å². The van der Waals surface area contributed by atoms with E-state index < -0.39 is 0 Å². The van der Waals surface area contributed by atoms with E-state index in [-0.39, 0.29) is 11.9 Å². The first kappa shape index (κ1) is 18.4. The van der Waals surface area contributed by atoms with E-state index in [1.54, 1.807) is 17.1 Å². The fourth-order valence-corrected chi connectivity index (χ4v) is 3.81. The number of hydrogen-bond acceptors (Lipinski definition) is 6. The quantitative estimate of drug-likeness (QED) is 0.552. The van der Waals surface area contributed by atoms with Crippen LogP contribution in [0, 0.1) is 0 Å². The van der Waals surface area contributed by atoms with Crippen LogP contribution in [0.3, 0.4) is 0 Å². The maximum absolute atomic E-state index is 12.9. The Morgan fingerprint density at radius 1 is 1.23 bits per heavy atom. The highest BCUT2D eigenvalue weighted by atomic mass is 16.4.